The van der Waals surface area contributed by atoms with Gasteiger partial charge >= 0.3 is 11.9 Å². The van der Waals surface area contributed by atoms with Gasteiger partial charge in [0, 0.05) is 0 Å². The third-order valence-electron chi connectivity index (χ3n) is 3.89. The second-order valence-corrected chi connectivity index (χ2v) is 7.44. The molecule has 0 aliphatic heterocycles. The van der Waals surface area contributed by atoms with Crippen molar-refractivity contribution in [2.24, 2.45) is 5.14 Å². The third kappa shape index (κ3) is 3.23. The average Bonchev–Trinajstić information content (AvgIpc) is 3.06. The summed E-state index contributed by atoms with van der Waals surface area (Å²) in [4.78, 5) is 26.8. The normalized spacial score (nSPS) is 13.8. The maximum Gasteiger partial charge on any atom is 0.418 e. The first-order chi connectivity index (χ1) is 12.4. The summed E-state index contributed by atoms with van der Waals surface area (Å²) in [6, 6.07) is 1.45. The topological polar surface area (TPSA) is 146 Å². The Balaban J connectivity index is 2.44. The molecule has 0 spiro atoms. The number of aromatic nitrogens is 5. The number of alkyl halides is 3. The van der Waals surface area contributed by atoms with E-state index in [0.29, 0.717) is 10.6 Å². The molecule has 3 rings (SSSR count). The van der Waals surface area contributed by atoms with Gasteiger partial charge in [-0.3, -0.25) is 9.36 Å². The van der Waals surface area contributed by atoms with Crippen LogP contribution in [0.1, 0.15) is 17.9 Å². The smallest absolute Gasteiger partial charge is 0.307 e. The number of nitrogens with one attached hydrogen (secondary N) is 1. The van der Waals surface area contributed by atoms with Crippen LogP contribution in [0.3, 0.4) is 0 Å². The van der Waals surface area contributed by atoms with Crippen molar-refractivity contribution in [2.75, 3.05) is 0 Å². The minimum atomic E-state index is -4.81. The van der Waals surface area contributed by atoms with Crippen molar-refractivity contribution >= 4 is 20.9 Å². The molecule has 0 radical (unpaired) electrons. The minimum absolute atomic E-state index is 0.320. The predicted octanol–water partition coefficient (Wildman–Crippen LogP) is 0.0963. The Labute approximate surface area is 148 Å². The van der Waals surface area contributed by atoms with Gasteiger partial charge in [-0.2, -0.15) is 13.2 Å². The van der Waals surface area contributed by atoms with Crippen molar-refractivity contribution < 1.29 is 21.6 Å². The summed E-state index contributed by atoms with van der Waals surface area (Å²) in [6.07, 6.45) is -2.82. The number of aromatic amines is 1. The highest BCUT2D eigenvalue weighted by molar-refractivity contribution is 7.89. The fraction of sp³-hybridized carbons (Fsp3) is 0.231. The summed E-state index contributed by atoms with van der Waals surface area (Å²) in [5.41, 5.74) is -4.36. The van der Waals surface area contributed by atoms with Crippen LogP contribution in [0.4, 0.5) is 13.2 Å². The number of hydrogen-bond acceptors (Lipinski definition) is 6. The van der Waals surface area contributed by atoms with Gasteiger partial charge in [0.2, 0.25) is 10.0 Å². The molecule has 0 amide bonds. The van der Waals surface area contributed by atoms with E-state index in [1.165, 1.54) is 0 Å². The third-order valence-corrected chi connectivity index (χ3v) is 5.05. The lowest BCUT2D eigenvalue weighted by Gasteiger charge is -2.16. The second kappa shape index (κ2) is 6.02. The highest BCUT2D eigenvalue weighted by Gasteiger charge is 2.35. The first kappa shape index (κ1) is 18.8. The molecule has 14 heteroatoms. The van der Waals surface area contributed by atoms with Crippen LogP contribution in [0.15, 0.2) is 34.4 Å². The fourth-order valence-corrected chi connectivity index (χ4v) is 2.99. The summed E-state index contributed by atoms with van der Waals surface area (Å²) >= 11 is 0. The Morgan fingerprint density at radius 3 is 2.30 bits per heavy atom. The molecule has 0 fully saturated rings. The van der Waals surface area contributed by atoms with Crippen LogP contribution in [0, 0.1) is 0 Å². The Bertz CT molecular complexity index is 1240. The fourth-order valence-electron chi connectivity index (χ4n) is 2.51. The van der Waals surface area contributed by atoms with Gasteiger partial charge in [-0.05, 0) is 19.1 Å². The molecule has 1 unspecified atom stereocenters. The van der Waals surface area contributed by atoms with E-state index in [0.717, 1.165) is 30.2 Å². The molecule has 2 aromatic heterocycles. The Morgan fingerprint density at radius 2 is 1.78 bits per heavy atom. The van der Waals surface area contributed by atoms with Crippen LogP contribution in [0.2, 0.25) is 0 Å². The number of sulfonamides is 1. The Morgan fingerprint density at radius 1 is 1.19 bits per heavy atom. The van der Waals surface area contributed by atoms with Crippen LogP contribution in [-0.2, 0) is 16.2 Å². The Kier molecular flexibility index (Phi) is 4.19. The maximum atomic E-state index is 13.4. The monoisotopic (exact) mass is 404 g/mol. The number of benzene rings is 1. The first-order valence-corrected chi connectivity index (χ1v) is 8.78. The number of halogens is 3. The number of primary sulfonamides is 1. The summed E-state index contributed by atoms with van der Waals surface area (Å²) < 4.78 is 64.5. The molecule has 0 saturated carbocycles. The van der Waals surface area contributed by atoms with Crippen molar-refractivity contribution in [2.45, 2.75) is 18.5 Å². The standard InChI is InChI=1S/C13H11F3N6O4S/c1-6(27(17,25)26)22-11(23)7-2-10(21-4-18-19-5-21)8(13(14,15)16)3-9(7)20-12(22)24/h2-6H,1H3,(H,20,24)(H2,17,25,26). The summed E-state index contributed by atoms with van der Waals surface area (Å²) in [5, 5.41) is 9.75. The zero-order valence-electron chi connectivity index (χ0n) is 13.4. The molecular formula is C13H11F3N6O4S. The van der Waals surface area contributed by atoms with E-state index >= 15 is 0 Å². The van der Waals surface area contributed by atoms with Gasteiger partial charge in [0.05, 0.1) is 22.2 Å². The summed E-state index contributed by atoms with van der Waals surface area (Å²) in [6.45, 7) is 1.00. The van der Waals surface area contributed by atoms with Gasteiger partial charge in [-0.25, -0.2) is 22.9 Å². The van der Waals surface area contributed by atoms with E-state index in [1.54, 1.807) is 0 Å². The Hall–Kier alpha value is -3.00. The molecule has 144 valence electrons. The van der Waals surface area contributed by atoms with Gasteiger partial charge in [0.1, 0.15) is 12.7 Å². The zero-order valence-corrected chi connectivity index (χ0v) is 14.2. The van der Waals surface area contributed by atoms with Crippen LogP contribution in [0.25, 0.3) is 16.6 Å². The number of rotatable bonds is 3. The van der Waals surface area contributed by atoms with Gasteiger partial charge in [0.15, 0.2) is 5.37 Å². The van der Waals surface area contributed by atoms with Gasteiger partial charge in [-0.1, -0.05) is 0 Å². The number of H-pyrrole nitrogens is 1. The molecule has 1 aromatic carbocycles. The van der Waals surface area contributed by atoms with E-state index in [1.807, 2.05) is 0 Å². The summed E-state index contributed by atoms with van der Waals surface area (Å²) in [5.74, 6) is 0. The van der Waals surface area contributed by atoms with Crippen LogP contribution >= 0.6 is 0 Å². The lowest BCUT2D eigenvalue weighted by molar-refractivity contribution is -0.137. The molecule has 10 nitrogen and oxygen atoms in total. The average molecular weight is 404 g/mol. The zero-order chi connectivity index (χ0) is 20.1. The number of nitrogens with two attached hydrogens (primary N) is 1. The van der Waals surface area contributed by atoms with Gasteiger partial charge < -0.3 is 4.98 Å². The van der Waals surface area contributed by atoms with Crippen molar-refractivity contribution in [1.82, 2.24) is 24.3 Å². The molecule has 3 N–H and O–H groups in total. The molecular weight excluding hydrogens is 393 g/mol. The molecule has 0 saturated heterocycles. The minimum Gasteiger partial charge on any atom is -0.307 e. The predicted molar refractivity (Wildman–Crippen MR) is 86.6 cm³/mol. The van der Waals surface area contributed by atoms with Crippen molar-refractivity contribution in [3.05, 3.63) is 51.2 Å². The maximum absolute atomic E-state index is 13.4. The molecule has 3 aromatic rings. The van der Waals surface area contributed by atoms with Crippen molar-refractivity contribution in [1.29, 1.82) is 0 Å². The van der Waals surface area contributed by atoms with Crippen molar-refractivity contribution in [3.63, 3.8) is 0 Å². The number of nitrogens with zero attached hydrogens (tertiary/aromatic N) is 4. The molecule has 0 aliphatic rings. The van der Waals surface area contributed by atoms with Crippen LogP contribution in [0.5, 0.6) is 0 Å². The summed E-state index contributed by atoms with van der Waals surface area (Å²) in [7, 11) is -4.32. The second-order valence-electron chi connectivity index (χ2n) is 5.58. The molecule has 0 bridgehead atoms. The van der Waals surface area contributed by atoms with Gasteiger partial charge in [-0.15, -0.1) is 10.2 Å². The molecule has 1 atom stereocenters. The number of fused-ring (bicyclic) bond motifs is 1. The molecule has 0 aliphatic carbocycles. The van der Waals surface area contributed by atoms with E-state index in [4.69, 9.17) is 5.14 Å². The van der Waals surface area contributed by atoms with E-state index < -0.39 is 49.6 Å². The van der Waals surface area contributed by atoms with Crippen LogP contribution < -0.4 is 16.4 Å². The van der Waals surface area contributed by atoms with Crippen LogP contribution in [-0.4, -0.2) is 32.7 Å². The lowest BCUT2D eigenvalue weighted by atomic mass is 10.1. The first-order valence-electron chi connectivity index (χ1n) is 7.17. The number of hydrogen-bond donors (Lipinski definition) is 2. The quantitative estimate of drug-likeness (QED) is 0.633. The highest BCUT2D eigenvalue weighted by atomic mass is 32.2. The van der Waals surface area contributed by atoms with Gasteiger partial charge in [0.25, 0.3) is 5.56 Å². The highest BCUT2D eigenvalue weighted by Crippen LogP contribution is 2.35. The SMILES string of the molecule is CC(n1c(=O)[nH]c2cc(C(F)(F)F)c(-n3cnnc3)cc2c1=O)S(N)(=O)=O. The van der Waals surface area contributed by atoms with Crippen molar-refractivity contribution in [3.8, 4) is 5.69 Å². The van der Waals surface area contributed by atoms with E-state index in [-0.39, 0.29) is 5.39 Å². The largest absolute Gasteiger partial charge is 0.418 e. The molecule has 2 heterocycles. The van der Waals surface area contributed by atoms with E-state index in [9.17, 15) is 31.2 Å². The molecule has 27 heavy (non-hydrogen) atoms. The lowest BCUT2D eigenvalue weighted by Crippen LogP contribution is -2.41. The van der Waals surface area contributed by atoms with E-state index in [2.05, 4.69) is 15.2 Å².